The standard InChI is InChI=1S/C21H27N3O5S/c1-13(2)11-19(14(3)4)24-30(28,29)17-8-5-15(6-9-17)22-23-16-7-10-20(25)18(12-16)21(26)27/h5-10,12-14,19,24-25H,11H2,1-4H3,(H,26,27)/b23-22+. The summed E-state index contributed by atoms with van der Waals surface area (Å²) in [4.78, 5) is 11.2. The zero-order chi connectivity index (χ0) is 22.5. The molecule has 2 rings (SSSR count). The van der Waals surface area contributed by atoms with Gasteiger partial charge in [-0.15, -0.1) is 0 Å². The third kappa shape index (κ3) is 6.36. The molecular formula is C21H27N3O5S. The number of azo groups is 1. The van der Waals surface area contributed by atoms with Crippen molar-refractivity contribution in [2.75, 3.05) is 0 Å². The van der Waals surface area contributed by atoms with E-state index in [0.29, 0.717) is 11.6 Å². The highest BCUT2D eigenvalue weighted by Gasteiger charge is 2.23. The Bertz CT molecular complexity index is 1020. The number of phenols is 1. The van der Waals surface area contributed by atoms with Crippen LogP contribution < -0.4 is 4.72 Å². The van der Waals surface area contributed by atoms with Gasteiger partial charge in [0.1, 0.15) is 11.3 Å². The van der Waals surface area contributed by atoms with Crippen LogP contribution in [-0.4, -0.2) is 30.6 Å². The minimum atomic E-state index is -3.67. The number of benzene rings is 2. The van der Waals surface area contributed by atoms with Crippen molar-refractivity contribution >= 4 is 27.4 Å². The van der Waals surface area contributed by atoms with Crippen molar-refractivity contribution in [1.29, 1.82) is 0 Å². The summed E-state index contributed by atoms with van der Waals surface area (Å²) in [5.74, 6) is -1.11. The molecule has 0 aliphatic heterocycles. The maximum atomic E-state index is 12.7. The fourth-order valence-corrected chi connectivity index (χ4v) is 4.19. The van der Waals surface area contributed by atoms with Crippen molar-refractivity contribution in [3.63, 3.8) is 0 Å². The summed E-state index contributed by atoms with van der Waals surface area (Å²) in [6.45, 7) is 8.07. The molecule has 30 heavy (non-hydrogen) atoms. The number of carboxylic acid groups (broad SMARTS) is 1. The van der Waals surface area contributed by atoms with Gasteiger partial charge in [-0.3, -0.25) is 0 Å². The van der Waals surface area contributed by atoms with E-state index in [0.717, 1.165) is 6.42 Å². The van der Waals surface area contributed by atoms with Crippen LogP contribution in [0.3, 0.4) is 0 Å². The molecule has 3 N–H and O–H groups in total. The molecule has 0 aromatic heterocycles. The number of rotatable bonds is 9. The topological polar surface area (TPSA) is 128 Å². The fraction of sp³-hybridized carbons (Fsp3) is 0.381. The summed E-state index contributed by atoms with van der Waals surface area (Å²) in [6, 6.07) is 9.62. The van der Waals surface area contributed by atoms with Gasteiger partial charge in [-0.2, -0.15) is 10.2 Å². The first-order valence-corrected chi connectivity index (χ1v) is 11.1. The molecule has 8 nitrogen and oxygen atoms in total. The number of aromatic hydroxyl groups is 1. The summed E-state index contributed by atoms with van der Waals surface area (Å²) in [6.07, 6.45) is 0.744. The van der Waals surface area contributed by atoms with Crippen molar-refractivity contribution in [3.05, 3.63) is 48.0 Å². The van der Waals surface area contributed by atoms with Gasteiger partial charge >= 0.3 is 5.97 Å². The molecule has 1 atom stereocenters. The first-order chi connectivity index (χ1) is 14.0. The number of hydrogen-bond acceptors (Lipinski definition) is 6. The third-order valence-electron chi connectivity index (χ3n) is 4.48. The normalized spacial score (nSPS) is 13.3. The molecule has 0 amide bonds. The van der Waals surface area contributed by atoms with Crippen LogP contribution in [-0.2, 0) is 10.0 Å². The average molecular weight is 434 g/mol. The lowest BCUT2D eigenvalue weighted by Crippen LogP contribution is -2.39. The van der Waals surface area contributed by atoms with Gasteiger partial charge in [0.2, 0.25) is 10.0 Å². The Morgan fingerprint density at radius 3 is 2.10 bits per heavy atom. The van der Waals surface area contributed by atoms with Crippen LogP contribution in [0.15, 0.2) is 57.6 Å². The molecule has 162 valence electrons. The zero-order valence-corrected chi connectivity index (χ0v) is 18.2. The van der Waals surface area contributed by atoms with Crippen LogP contribution in [0.1, 0.15) is 44.5 Å². The van der Waals surface area contributed by atoms with Gasteiger partial charge < -0.3 is 10.2 Å². The molecule has 1 unspecified atom stereocenters. The summed E-state index contributed by atoms with van der Waals surface area (Å²) in [5.41, 5.74) is 0.374. The molecule has 0 radical (unpaired) electrons. The summed E-state index contributed by atoms with van der Waals surface area (Å²) in [5, 5.41) is 26.5. The first kappa shape index (κ1) is 23.5. The second-order valence-electron chi connectivity index (χ2n) is 7.80. The minimum Gasteiger partial charge on any atom is -0.507 e. The molecule has 0 heterocycles. The number of nitrogens with zero attached hydrogens (tertiary/aromatic N) is 2. The number of aromatic carboxylic acids is 1. The zero-order valence-electron chi connectivity index (χ0n) is 17.4. The molecule has 0 saturated heterocycles. The van der Waals surface area contributed by atoms with Crippen molar-refractivity contribution < 1.29 is 23.4 Å². The highest BCUT2D eigenvalue weighted by Crippen LogP contribution is 2.26. The van der Waals surface area contributed by atoms with Crippen LogP contribution in [0, 0.1) is 11.8 Å². The van der Waals surface area contributed by atoms with Crippen LogP contribution >= 0.6 is 0 Å². The second-order valence-corrected chi connectivity index (χ2v) is 9.52. The quantitative estimate of drug-likeness (QED) is 0.487. The Morgan fingerprint density at radius 2 is 1.57 bits per heavy atom. The van der Waals surface area contributed by atoms with E-state index in [9.17, 15) is 18.3 Å². The van der Waals surface area contributed by atoms with E-state index in [2.05, 4.69) is 28.8 Å². The van der Waals surface area contributed by atoms with E-state index in [1.807, 2.05) is 13.8 Å². The van der Waals surface area contributed by atoms with Gasteiger partial charge in [0, 0.05) is 6.04 Å². The number of carbonyl (C=O) groups is 1. The van der Waals surface area contributed by atoms with Gasteiger partial charge in [0.25, 0.3) is 0 Å². The molecule has 0 spiro atoms. The van der Waals surface area contributed by atoms with Crippen molar-refractivity contribution in [3.8, 4) is 5.75 Å². The molecule has 2 aromatic carbocycles. The number of sulfonamides is 1. The summed E-state index contributed by atoms with van der Waals surface area (Å²) >= 11 is 0. The molecule has 9 heteroatoms. The maximum absolute atomic E-state index is 12.7. The smallest absolute Gasteiger partial charge is 0.339 e. The molecule has 0 bridgehead atoms. The van der Waals surface area contributed by atoms with E-state index in [-0.39, 0.29) is 33.9 Å². The van der Waals surface area contributed by atoms with Gasteiger partial charge in [0.15, 0.2) is 0 Å². The lowest BCUT2D eigenvalue weighted by atomic mass is 9.96. The second kappa shape index (κ2) is 9.82. The lowest BCUT2D eigenvalue weighted by molar-refractivity contribution is 0.0693. The van der Waals surface area contributed by atoms with Gasteiger partial charge in [-0.1, -0.05) is 27.7 Å². The van der Waals surface area contributed by atoms with Crippen molar-refractivity contribution in [2.45, 2.75) is 45.1 Å². The van der Waals surface area contributed by atoms with E-state index in [4.69, 9.17) is 5.11 Å². The van der Waals surface area contributed by atoms with Crippen LogP contribution in [0.25, 0.3) is 0 Å². The van der Waals surface area contributed by atoms with Gasteiger partial charge in [0.05, 0.1) is 16.3 Å². The van der Waals surface area contributed by atoms with E-state index >= 15 is 0 Å². The molecule has 0 fully saturated rings. The number of carboxylic acids is 1. The molecule has 0 saturated carbocycles. The highest BCUT2D eigenvalue weighted by atomic mass is 32.2. The Hall–Kier alpha value is -2.78. The predicted molar refractivity (Wildman–Crippen MR) is 114 cm³/mol. The number of hydrogen-bond donors (Lipinski definition) is 3. The van der Waals surface area contributed by atoms with E-state index in [1.54, 1.807) is 0 Å². The minimum absolute atomic E-state index is 0.133. The van der Waals surface area contributed by atoms with E-state index in [1.165, 1.54) is 42.5 Å². The van der Waals surface area contributed by atoms with E-state index < -0.39 is 16.0 Å². The van der Waals surface area contributed by atoms with Crippen LogP contribution in [0.4, 0.5) is 11.4 Å². The lowest BCUT2D eigenvalue weighted by Gasteiger charge is -2.24. The first-order valence-electron chi connectivity index (χ1n) is 9.60. The largest absolute Gasteiger partial charge is 0.507 e. The average Bonchev–Trinajstić information content (AvgIpc) is 2.66. The van der Waals surface area contributed by atoms with Gasteiger partial charge in [-0.25, -0.2) is 17.9 Å². The Morgan fingerprint density at radius 1 is 1.00 bits per heavy atom. The summed E-state index contributed by atoms with van der Waals surface area (Å²) in [7, 11) is -3.67. The Balaban J connectivity index is 2.17. The van der Waals surface area contributed by atoms with Crippen molar-refractivity contribution in [1.82, 2.24) is 4.72 Å². The molecule has 0 aliphatic rings. The predicted octanol–water partition coefficient (Wildman–Crippen LogP) is 4.85. The summed E-state index contributed by atoms with van der Waals surface area (Å²) < 4.78 is 28.2. The maximum Gasteiger partial charge on any atom is 0.339 e. The molecule has 0 aliphatic carbocycles. The monoisotopic (exact) mass is 433 g/mol. The fourth-order valence-electron chi connectivity index (χ4n) is 2.80. The highest BCUT2D eigenvalue weighted by molar-refractivity contribution is 7.89. The van der Waals surface area contributed by atoms with Crippen molar-refractivity contribution in [2.24, 2.45) is 22.1 Å². The Labute approximate surface area is 176 Å². The molecule has 2 aromatic rings. The van der Waals surface area contributed by atoms with Crippen LogP contribution in [0.5, 0.6) is 5.75 Å². The number of nitrogens with one attached hydrogen (secondary N) is 1. The third-order valence-corrected chi connectivity index (χ3v) is 5.98. The SMILES string of the molecule is CC(C)CC(NS(=O)(=O)c1ccc(/N=N/c2ccc(O)c(C(=O)O)c2)cc1)C(C)C. The Kier molecular flexibility index (Phi) is 7.69. The van der Waals surface area contributed by atoms with Gasteiger partial charge in [-0.05, 0) is 60.7 Å². The van der Waals surface area contributed by atoms with Crippen LogP contribution in [0.2, 0.25) is 0 Å². The molecular weight excluding hydrogens is 406 g/mol.